The van der Waals surface area contributed by atoms with Crippen LogP contribution in [0.4, 0.5) is 11.4 Å². The van der Waals surface area contributed by atoms with Gasteiger partial charge in [0.2, 0.25) is 0 Å². The minimum absolute atomic E-state index is 0.798. The molecule has 0 amide bonds. The molecule has 0 aliphatic rings. The van der Waals surface area contributed by atoms with E-state index < -0.39 is 0 Å². The lowest BCUT2D eigenvalue weighted by molar-refractivity contribution is 0.744. The fourth-order valence-electron chi connectivity index (χ4n) is 1.93. The number of hydrogen-bond donors (Lipinski definition) is 2. The first-order valence-electron chi connectivity index (χ1n) is 6.20. The van der Waals surface area contributed by atoms with Crippen molar-refractivity contribution in [2.75, 3.05) is 17.6 Å². The molecule has 17 heavy (non-hydrogen) atoms. The highest BCUT2D eigenvalue weighted by atomic mass is 14.9. The number of anilines is 2. The molecule has 0 radical (unpaired) electrons. The Morgan fingerprint density at radius 3 is 2.94 bits per heavy atom. The lowest BCUT2D eigenvalue weighted by Gasteiger charge is -2.10. The Morgan fingerprint density at radius 1 is 1.24 bits per heavy atom. The van der Waals surface area contributed by atoms with Crippen molar-refractivity contribution in [2.45, 2.75) is 26.2 Å². The van der Waals surface area contributed by atoms with Crippen LogP contribution in [0.3, 0.4) is 0 Å². The van der Waals surface area contributed by atoms with Gasteiger partial charge in [-0.15, -0.1) is 0 Å². The third kappa shape index (κ3) is 2.67. The molecule has 0 atom stereocenters. The van der Waals surface area contributed by atoms with E-state index in [4.69, 9.17) is 5.73 Å². The zero-order valence-electron chi connectivity index (χ0n) is 10.2. The highest BCUT2D eigenvalue weighted by Crippen LogP contribution is 2.27. The largest absolute Gasteiger partial charge is 0.397 e. The van der Waals surface area contributed by atoms with E-state index in [9.17, 15) is 0 Å². The smallest absolute Gasteiger partial charge is 0.0724 e. The molecule has 1 aromatic carbocycles. The first kappa shape index (κ1) is 11.7. The van der Waals surface area contributed by atoms with Crippen molar-refractivity contribution < 1.29 is 0 Å². The van der Waals surface area contributed by atoms with Crippen LogP contribution >= 0.6 is 0 Å². The minimum Gasteiger partial charge on any atom is -0.397 e. The molecular formula is C14H19N3. The molecule has 3 nitrogen and oxygen atoms in total. The molecule has 0 saturated carbocycles. The van der Waals surface area contributed by atoms with Gasteiger partial charge in [0, 0.05) is 18.1 Å². The highest BCUT2D eigenvalue weighted by Gasteiger charge is 2.03. The molecule has 0 bridgehead atoms. The summed E-state index contributed by atoms with van der Waals surface area (Å²) in [5.41, 5.74) is 8.89. The highest BCUT2D eigenvalue weighted by molar-refractivity contribution is 5.96. The van der Waals surface area contributed by atoms with Gasteiger partial charge in [0.1, 0.15) is 0 Å². The summed E-state index contributed by atoms with van der Waals surface area (Å²) in [5.74, 6) is 0. The van der Waals surface area contributed by atoms with Crippen LogP contribution in [-0.2, 0) is 0 Å². The molecule has 0 aliphatic carbocycles. The molecule has 3 N–H and O–H groups in total. The number of unbranched alkanes of at least 4 members (excludes halogenated alkanes) is 2. The van der Waals surface area contributed by atoms with Gasteiger partial charge in [0.05, 0.1) is 16.9 Å². The van der Waals surface area contributed by atoms with Gasteiger partial charge >= 0.3 is 0 Å². The number of nitrogens with zero attached hydrogens (tertiary/aromatic N) is 1. The fraction of sp³-hybridized carbons (Fsp3) is 0.357. The van der Waals surface area contributed by atoms with Crippen LogP contribution < -0.4 is 11.1 Å². The van der Waals surface area contributed by atoms with Crippen LogP contribution in [-0.4, -0.2) is 11.5 Å². The average Bonchev–Trinajstić information content (AvgIpc) is 2.37. The van der Waals surface area contributed by atoms with Crippen LogP contribution in [0.25, 0.3) is 10.9 Å². The number of nitrogen functional groups attached to an aromatic ring is 1. The third-order valence-electron chi connectivity index (χ3n) is 2.92. The van der Waals surface area contributed by atoms with E-state index in [2.05, 4.69) is 17.2 Å². The van der Waals surface area contributed by atoms with Gasteiger partial charge in [-0.3, -0.25) is 4.98 Å². The van der Waals surface area contributed by atoms with Gasteiger partial charge < -0.3 is 11.1 Å². The average molecular weight is 229 g/mol. The molecule has 1 heterocycles. The Morgan fingerprint density at radius 2 is 2.12 bits per heavy atom. The Labute approximate surface area is 102 Å². The van der Waals surface area contributed by atoms with Crippen LogP contribution in [0, 0.1) is 0 Å². The summed E-state index contributed by atoms with van der Waals surface area (Å²) in [6.07, 6.45) is 5.46. The van der Waals surface area contributed by atoms with E-state index in [1.807, 2.05) is 24.3 Å². The summed E-state index contributed by atoms with van der Waals surface area (Å²) in [6.45, 7) is 3.18. The summed E-state index contributed by atoms with van der Waals surface area (Å²) in [7, 11) is 0. The van der Waals surface area contributed by atoms with Gasteiger partial charge in [-0.2, -0.15) is 0 Å². The molecule has 2 aromatic rings. The van der Waals surface area contributed by atoms with Crippen LogP contribution in [0.2, 0.25) is 0 Å². The Kier molecular flexibility index (Phi) is 3.81. The monoisotopic (exact) mass is 229 g/mol. The van der Waals surface area contributed by atoms with E-state index in [0.29, 0.717) is 0 Å². The minimum atomic E-state index is 0.798. The number of aromatic nitrogens is 1. The van der Waals surface area contributed by atoms with Crippen molar-refractivity contribution >= 4 is 22.3 Å². The van der Waals surface area contributed by atoms with E-state index in [1.54, 1.807) is 6.20 Å². The van der Waals surface area contributed by atoms with Gasteiger partial charge in [-0.1, -0.05) is 19.8 Å². The number of nitrogens with one attached hydrogen (secondary N) is 1. The zero-order chi connectivity index (χ0) is 12.1. The van der Waals surface area contributed by atoms with E-state index >= 15 is 0 Å². The van der Waals surface area contributed by atoms with Crippen molar-refractivity contribution in [1.82, 2.24) is 4.98 Å². The molecular weight excluding hydrogens is 210 g/mol. The fourth-order valence-corrected chi connectivity index (χ4v) is 1.93. The van der Waals surface area contributed by atoms with Gasteiger partial charge in [-0.05, 0) is 30.7 Å². The van der Waals surface area contributed by atoms with Crippen LogP contribution in [0.5, 0.6) is 0 Å². The molecule has 2 rings (SSSR count). The Bertz CT molecular complexity index is 494. The first-order chi connectivity index (χ1) is 8.33. The van der Waals surface area contributed by atoms with Crippen LogP contribution in [0.15, 0.2) is 30.5 Å². The van der Waals surface area contributed by atoms with Gasteiger partial charge in [0.25, 0.3) is 0 Å². The quantitative estimate of drug-likeness (QED) is 0.610. The van der Waals surface area contributed by atoms with E-state index in [-0.39, 0.29) is 0 Å². The standard InChI is InChI=1S/C14H19N3/c1-2-3-4-9-17-13-8-7-12-11(14(13)15)6-5-10-16-12/h5-8,10,17H,2-4,9,15H2,1H3. The van der Waals surface area contributed by atoms with E-state index in [0.717, 1.165) is 28.8 Å². The zero-order valence-corrected chi connectivity index (χ0v) is 10.2. The number of fused-ring (bicyclic) bond motifs is 1. The molecule has 90 valence electrons. The Hall–Kier alpha value is -1.77. The van der Waals surface area contributed by atoms with Crippen molar-refractivity contribution in [3.63, 3.8) is 0 Å². The molecule has 0 saturated heterocycles. The maximum Gasteiger partial charge on any atom is 0.0724 e. The molecule has 1 aromatic heterocycles. The summed E-state index contributed by atoms with van der Waals surface area (Å²) in [6, 6.07) is 7.94. The van der Waals surface area contributed by atoms with Crippen molar-refractivity contribution in [3.8, 4) is 0 Å². The topological polar surface area (TPSA) is 50.9 Å². The number of hydrogen-bond acceptors (Lipinski definition) is 3. The lowest BCUT2D eigenvalue weighted by atomic mass is 10.1. The maximum atomic E-state index is 6.13. The number of rotatable bonds is 5. The molecule has 0 aliphatic heterocycles. The second-order valence-electron chi connectivity index (χ2n) is 4.23. The van der Waals surface area contributed by atoms with Gasteiger partial charge in [-0.25, -0.2) is 0 Å². The molecule has 3 heteroatoms. The summed E-state index contributed by atoms with van der Waals surface area (Å²) in [5, 5.41) is 4.41. The third-order valence-corrected chi connectivity index (χ3v) is 2.92. The second-order valence-corrected chi connectivity index (χ2v) is 4.23. The molecule has 0 unspecified atom stereocenters. The van der Waals surface area contributed by atoms with Crippen molar-refractivity contribution in [2.24, 2.45) is 0 Å². The van der Waals surface area contributed by atoms with Crippen molar-refractivity contribution in [3.05, 3.63) is 30.5 Å². The molecule has 0 fully saturated rings. The molecule has 0 spiro atoms. The second kappa shape index (κ2) is 5.53. The first-order valence-corrected chi connectivity index (χ1v) is 6.20. The summed E-state index contributed by atoms with van der Waals surface area (Å²) >= 11 is 0. The SMILES string of the molecule is CCCCCNc1ccc2ncccc2c1N. The summed E-state index contributed by atoms with van der Waals surface area (Å²) < 4.78 is 0. The number of pyridine rings is 1. The normalized spacial score (nSPS) is 10.6. The predicted molar refractivity (Wildman–Crippen MR) is 74.2 cm³/mol. The van der Waals surface area contributed by atoms with Gasteiger partial charge in [0.15, 0.2) is 0 Å². The summed E-state index contributed by atoms with van der Waals surface area (Å²) in [4.78, 5) is 4.29. The van der Waals surface area contributed by atoms with Crippen molar-refractivity contribution in [1.29, 1.82) is 0 Å². The Balaban J connectivity index is 2.15. The maximum absolute atomic E-state index is 6.13. The number of benzene rings is 1. The predicted octanol–water partition coefficient (Wildman–Crippen LogP) is 3.42. The van der Waals surface area contributed by atoms with Crippen LogP contribution in [0.1, 0.15) is 26.2 Å². The van der Waals surface area contributed by atoms with E-state index in [1.165, 1.54) is 19.3 Å². The lowest BCUT2D eigenvalue weighted by Crippen LogP contribution is -2.04. The number of nitrogens with two attached hydrogens (primary N) is 1.